The van der Waals surface area contributed by atoms with Gasteiger partial charge in [0.25, 0.3) is 0 Å². The van der Waals surface area contributed by atoms with Crippen molar-refractivity contribution in [1.29, 1.82) is 10.8 Å². The Morgan fingerprint density at radius 1 is 0.765 bits per heavy atom. The Labute approximate surface area is 99.9 Å². The number of nitrogens with two attached hydrogens (primary N) is 1. The van der Waals surface area contributed by atoms with Crippen molar-refractivity contribution in [3.63, 3.8) is 0 Å². The molecule has 0 amide bonds. The second kappa shape index (κ2) is 4.61. The third-order valence-corrected chi connectivity index (χ3v) is 2.55. The van der Waals surface area contributed by atoms with Gasteiger partial charge in [0.05, 0.1) is 5.71 Å². The molecule has 0 aliphatic rings. The summed E-state index contributed by atoms with van der Waals surface area (Å²) in [6.45, 7) is 0. The summed E-state index contributed by atoms with van der Waals surface area (Å²) in [5.41, 5.74) is 8.01. The molecule has 3 nitrogen and oxygen atoms in total. The highest BCUT2D eigenvalue weighted by molar-refractivity contribution is 6.16. The lowest BCUT2D eigenvalue weighted by atomic mass is 9.97. The van der Waals surface area contributed by atoms with Gasteiger partial charge in [0.2, 0.25) is 0 Å². The zero-order valence-electron chi connectivity index (χ0n) is 9.27. The first-order chi connectivity index (χ1) is 8.20. The fourth-order valence-electron chi connectivity index (χ4n) is 1.70. The van der Waals surface area contributed by atoms with Gasteiger partial charge in [0.1, 0.15) is 5.84 Å². The molecule has 0 aliphatic heterocycles. The molecule has 0 aliphatic carbocycles. The highest BCUT2D eigenvalue weighted by Crippen LogP contribution is 2.13. The van der Waals surface area contributed by atoms with Crippen LogP contribution in [0.2, 0.25) is 0 Å². The molecular weight excluding hydrogens is 210 g/mol. The molecule has 17 heavy (non-hydrogen) atoms. The molecule has 0 saturated heterocycles. The number of benzene rings is 2. The minimum atomic E-state index is -0.0127. The topological polar surface area (TPSA) is 73.7 Å². The van der Waals surface area contributed by atoms with Crippen molar-refractivity contribution in [3.8, 4) is 0 Å². The van der Waals surface area contributed by atoms with Crippen LogP contribution in [0.1, 0.15) is 16.7 Å². The Kier molecular flexibility index (Phi) is 3.01. The molecule has 2 rings (SSSR count). The van der Waals surface area contributed by atoms with E-state index in [4.69, 9.17) is 16.6 Å². The lowest BCUT2D eigenvalue weighted by molar-refractivity contribution is 1.39. The van der Waals surface area contributed by atoms with Crippen molar-refractivity contribution in [2.45, 2.75) is 0 Å². The van der Waals surface area contributed by atoms with Crippen LogP contribution >= 0.6 is 0 Å². The number of rotatable bonds is 3. The van der Waals surface area contributed by atoms with Crippen LogP contribution in [0.5, 0.6) is 0 Å². The van der Waals surface area contributed by atoms with Gasteiger partial charge in [0.15, 0.2) is 0 Å². The van der Waals surface area contributed by atoms with Crippen LogP contribution in [0.3, 0.4) is 0 Å². The second-order valence-electron chi connectivity index (χ2n) is 3.70. The number of hydrogen-bond acceptors (Lipinski definition) is 2. The summed E-state index contributed by atoms with van der Waals surface area (Å²) in [6, 6.07) is 16.7. The zero-order valence-corrected chi connectivity index (χ0v) is 9.27. The molecule has 0 aromatic heterocycles. The first-order valence-corrected chi connectivity index (χ1v) is 5.28. The predicted molar refractivity (Wildman–Crippen MR) is 69.8 cm³/mol. The van der Waals surface area contributed by atoms with Crippen LogP contribution in [-0.4, -0.2) is 11.5 Å². The molecular formula is C14H13N3. The molecule has 0 bridgehead atoms. The fraction of sp³-hybridized carbons (Fsp3) is 0. The van der Waals surface area contributed by atoms with Crippen LogP contribution < -0.4 is 5.73 Å². The molecule has 0 unspecified atom stereocenters. The lowest BCUT2D eigenvalue weighted by Gasteiger charge is -2.09. The van der Waals surface area contributed by atoms with Gasteiger partial charge in [-0.05, 0) is 0 Å². The molecule has 0 spiro atoms. The van der Waals surface area contributed by atoms with Gasteiger partial charge in [-0.25, -0.2) is 0 Å². The molecule has 0 atom stereocenters. The molecule has 84 valence electrons. The van der Waals surface area contributed by atoms with Crippen molar-refractivity contribution >= 4 is 11.5 Å². The first kappa shape index (κ1) is 11.1. The Bertz CT molecular complexity index is 559. The first-order valence-electron chi connectivity index (χ1n) is 5.28. The van der Waals surface area contributed by atoms with Crippen molar-refractivity contribution in [1.82, 2.24) is 0 Å². The average Bonchev–Trinajstić information content (AvgIpc) is 2.39. The average molecular weight is 223 g/mol. The number of amidine groups is 1. The summed E-state index contributed by atoms with van der Waals surface area (Å²) in [4.78, 5) is 0. The summed E-state index contributed by atoms with van der Waals surface area (Å²) in [5, 5.41) is 15.7. The van der Waals surface area contributed by atoms with E-state index in [1.54, 1.807) is 6.07 Å². The summed E-state index contributed by atoms with van der Waals surface area (Å²) < 4.78 is 0. The van der Waals surface area contributed by atoms with Crippen LogP contribution in [-0.2, 0) is 0 Å². The molecule has 0 heterocycles. The maximum absolute atomic E-state index is 8.15. The van der Waals surface area contributed by atoms with E-state index < -0.39 is 0 Å². The van der Waals surface area contributed by atoms with Gasteiger partial charge in [-0.1, -0.05) is 54.6 Å². The van der Waals surface area contributed by atoms with E-state index in [2.05, 4.69) is 0 Å². The highest BCUT2D eigenvalue weighted by Gasteiger charge is 2.10. The molecule has 0 fully saturated rings. The number of nitrogens with one attached hydrogen (secondary N) is 2. The largest absolute Gasteiger partial charge is 0.384 e. The van der Waals surface area contributed by atoms with Crippen LogP contribution in [0.4, 0.5) is 0 Å². The molecule has 3 heteroatoms. The third-order valence-electron chi connectivity index (χ3n) is 2.55. The Hall–Kier alpha value is -2.42. The molecule has 0 saturated carbocycles. The summed E-state index contributed by atoms with van der Waals surface area (Å²) in [5.74, 6) is -0.0127. The minimum Gasteiger partial charge on any atom is -0.384 e. The maximum Gasteiger partial charge on any atom is 0.123 e. The zero-order chi connectivity index (χ0) is 12.3. The Morgan fingerprint density at radius 3 is 1.88 bits per heavy atom. The smallest absolute Gasteiger partial charge is 0.123 e. The van der Waals surface area contributed by atoms with E-state index in [0.717, 1.165) is 5.56 Å². The van der Waals surface area contributed by atoms with E-state index >= 15 is 0 Å². The normalized spacial score (nSPS) is 9.88. The van der Waals surface area contributed by atoms with Crippen LogP contribution in [0.15, 0.2) is 54.6 Å². The van der Waals surface area contributed by atoms with E-state index in [1.807, 2.05) is 48.5 Å². The van der Waals surface area contributed by atoms with E-state index in [9.17, 15) is 0 Å². The number of nitrogen functional groups attached to an aromatic ring is 1. The van der Waals surface area contributed by atoms with Gasteiger partial charge in [-0.2, -0.15) is 0 Å². The Morgan fingerprint density at radius 2 is 1.29 bits per heavy atom. The van der Waals surface area contributed by atoms with Crippen molar-refractivity contribution < 1.29 is 0 Å². The highest BCUT2D eigenvalue weighted by atomic mass is 14.7. The standard InChI is InChI=1S/C14H13N3/c15-13(10-6-2-1-3-7-10)11-8-4-5-9-12(11)14(16)17/h1-9,15H,(H3,16,17). The third kappa shape index (κ3) is 2.23. The monoisotopic (exact) mass is 223 g/mol. The van der Waals surface area contributed by atoms with E-state index in [-0.39, 0.29) is 5.84 Å². The summed E-state index contributed by atoms with van der Waals surface area (Å²) in [6.07, 6.45) is 0. The molecule has 0 radical (unpaired) electrons. The van der Waals surface area contributed by atoms with Crippen molar-refractivity contribution in [3.05, 3.63) is 71.3 Å². The van der Waals surface area contributed by atoms with Crippen LogP contribution in [0.25, 0.3) is 0 Å². The fourth-order valence-corrected chi connectivity index (χ4v) is 1.70. The lowest BCUT2D eigenvalue weighted by Crippen LogP contribution is -2.16. The van der Waals surface area contributed by atoms with Gasteiger partial charge in [-0.3, -0.25) is 10.8 Å². The molecule has 2 aromatic rings. The summed E-state index contributed by atoms with van der Waals surface area (Å²) in [7, 11) is 0. The summed E-state index contributed by atoms with van der Waals surface area (Å²) >= 11 is 0. The predicted octanol–water partition coefficient (Wildman–Crippen LogP) is 2.39. The van der Waals surface area contributed by atoms with E-state index in [0.29, 0.717) is 16.8 Å². The van der Waals surface area contributed by atoms with Crippen molar-refractivity contribution in [2.75, 3.05) is 0 Å². The van der Waals surface area contributed by atoms with Crippen molar-refractivity contribution in [2.24, 2.45) is 5.73 Å². The van der Waals surface area contributed by atoms with E-state index in [1.165, 1.54) is 0 Å². The SMILES string of the molecule is N=C(N)c1ccccc1C(=N)c1ccccc1. The molecule has 4 N–H and O–H groups in total. The van der Waals surface area contributed by atoms with Gasteiger partial charge in [0, 0.05) is 16.7 Å². The quantitative estimate of drug-likeness (QED) is 0.542. The second-order valence-corrected chi connectivity index (χ2v) is 3.70. The number of hydrogen-bond donors (Lipinski definition) is 3. The van der Waals surface area contributed by atoms with Gasteiger partial charge < -0.3 is 5.73 Å². The Balaban J connectivity index is 2.48. The van der Waals surface area contributed by atoms with Crippen LogP contribution in [0, 0.1) is 10.8 Å². The maximum atomic E-state index is 8.15. The molecule has 2 aromatic carbocycles. The van der Waals surface area contributed by atoms with Gasteiger partial charge >= 0.3 is 0 Å². The van der Waals surface area contributed by atoms with Gasteiger partial charge in [-0.15, -0.1) is 0 Å². The minimum absolute atomic E-state index is 0.0127.